The maximum Gasteiger partial charge on any atom is 0.306 e. The second kappa shape index (κ2) is 8.81. The molecule has 0 spiro atoms. The normalized spacial score (nSPS) is 26.8. The van der Waals surface area contributed by atoms with Crippen LogP contribution in [-0.2, 0) is 15.1 Å². The Morgan fingerprint density at radius 2 is 1.56 bits per heavy atom. The van der Waals surface area contributed by atoms with Gasteiger partial charge >= 0.3 is 5.97 Å². The molecule has 1 aromatic rings. The Morgan fingerprint density at radius 1 is 1.04 bits per heavy atom. The van der Waals surface area contributed by atoms with Crippen LogP contribution in [0.15, 0.2) is 30.3 Å². The number of carbonyl (C=O) groups is 1. The molecule has 0 saturated heterocycles. The molecule has 0 aromatic heterocycles. The lowest BCUT2D eigenvalue weighted by atomic mass is 9.64. The van der Waals surface area contributed by atoms with Gasteiger partial charge in [0.05, 0.1) is 0 Å². The van der Waals surface area contributed by atoms with E-state index < -0.39 is 5.60 Å². The van der Waals surface area contributed by atoms with E-state index in [4.69, 9.17) is 4.74 Å². The molecule has 0 amide bonds. The average molecular weight is 347 g/mol. The van der Waals surface area contributed by atoms with E-state index >= 15 is 0 Å². The van der Waals surface area contributed by atoms with Crippen LogP contribution in [-0.4, -0.2) is 57.0 Å². The van der Waals surface area contributed by atoms with Crippen molar-refractivity contribution in [3.8, 4) is 0 Å². The zero-order chi connectivity index (χ0) is 18.4. The summed E-state index contributed by atoms with van der Waals surface area (Å²) in [5.41, 5.74) is 0.608. The highest BCUT2D eigenvalue weighted by atomic mass is 16.6. The van der Waals surface area contributed by atoms with Crippen LogP contribution >= 0.6 is 0 Å². The molecule has 0 bridgehead atoms. The summed E-state index contributed by atoms with van der Waals surface area (Å²) in [5.74, 6) is 0.511. The molecule has 2 rings (SSSR count). The lowest BCUT2D eigenvalue weighted by Gasteiger charge is -2.50. The number of rotatable bonds is 7. The summed E-state index contributed by atoms with van der Waals surface area (Å²) in [6.07, 6.45) is 3.79. The van der Waals surface area contributed by atoms with Gasteiger partial charge < -0.3 is 14.5 Å². The van der Waals surface area contributed by atoms with Gasteiger partial charge in [-0.25, -0.2) is 0 Å². The van der Waals surface area contributed by atoms with Crippen molar-refractivity contribution in [2.24, 2.45) is 11.8 Å². The van der Waals surface area contributed by atoms with E-state index in [1.165, 1.54) is 6.42 Å². The molecule has 2 unspecified atom stereocenters. The fraction of sp³-hybridized carbons (Fsp3) is 0.667. The standard InChI is InChI=1S/C21H34N2O2/c1-6-20(24)25-21(17-11-8-7-9-12-17)18(15-22(2)3)13-10-14-19(21)16-23(4)5/h7-9,11-12,18-19H,6,10,13-16H2,1-5H3. The van der Waals surface area contributed by atoms with Crippen LogP contribution in [0.25, 0.3) is 0 Å². The van der Waals surface area contributed by atoms with Crippen LogP contribution < -0.4 is 0 Å². The lowest BCUT2D eigenvalue weighted by molar-refractivity contribution is -0.187. The minimum Gasteiger partial charge on any atom is -0.453 e. The Morgan fingerprint density at radius 3 is 2.00 bits per heavy atom. The smallest absolute Gasteiger partial charge is 0.306 e. The van der Waals surface area contributed by atoms with Crippen molar-refractivity contribution in [1.82, 2.24) is 9.80 Å². The monoisotopic (exact) mass is 346 g/mol. The SMILES string of the molecule is CCC(=O)OC1(c2ccccc2)C(CN(C)C)CCCC1CN(C)C. The third-order valence-electron chi connectivity index (χ3n) is 5.29. The van der Waals surface area contributed by atoms with Gasteiger partial charge in [-0.3, -0.25) is 4.79 Å². The Labute approximate surface area is 153 Å². The molecule has 0 N–H and O–H groups in total. The van der Waals surface area contributed by atoms with Crippen LogP contribution in [0.2, 0.25) is 0 Å². The first kappa shape index (κ1) is 19.9. The van der Waals surface area contributed by atoms with Crippen molar-refractivity contribution in [3.05, 3.63) is 35.9 Å². The molecule has 25 heavy (non-hydrogen) atoms. The van der Waals surface area contributed by atoms with Crippen molar-refractivity contribution in [2.45, 2.75) is 38.2 Å². The van der Waals surface area contributed by atoms with Crippen LogP contribution in [0.3, 0.4) is 0 Å². The maximum atomic E-state index is 12.5. The van der Waals surface area contributed by atoms with E-state index in [1.807, 2.05) is 13.0 Å². The minimum atomic E-state index is -0.541. The minimum absolute atomic E-state index is 0.0988. The predicted octanol–water partition coefficient (Wildman–Crippen LogP) is 3.37. The molecule has 140 valence electrons. The highest BCUT2D eigenvalue weighted by molar-refractivity contribution is 5.70. The molecule has 0 heterocycles. The number of ether oxygens (including phenoxy) is 1. The second-order valence-electron chi connectivity index (χ2n) is 7.84. The number of esters is 1. The third kappa shape index (κ3) is 4.62. The fourth-order valence-electron chi connectivity index (χ4n) is 4.36. The van der Waals surface area contributed by atoms with Crippen LogP contribution in [0.4, 0.5) is 0 Å². The van der Waals surface area contributed by atoms with E-state index in [9.17, 15) is 4.79 Å². The molecule has 4 heteroatoms. The first-order chi connectivity index (χ1) is 11.9. The van der Waals surface area contributed by atoms with Crippen molar-refractivity contribution in [1.29, 1.82) is 0 Å². The van der Waals surface area contributed by atoms with Crippen LogP contribution in [0, 0.1) is 11.8 Å². The molecular weight excluding hydrogens is 312 g/mol. The first-order valence-electron chi connectivity index (χ1n) is 9.47. The van der Waals surface area contributed by atoms with Gasteiger partial charge in [0.2, 0.25) is 0 Å². The topological polar surface area (TPSA) is 32.8 Å². The number of benzene rings is 1. The molecule has 1 aliphatic rings. The number of nitrogens with zero attached hydrogens (tertiary/aromatic N) is 2. The summed E-state index contributed by atoms with van der Waals surface area (Å²) in [5, 5.41) is 0. The highest BCUT2D eigenvalue weighted by Gasteiger charge is 2.52. The molecule has 0 radical (unpaired) electrons. The molecule has 1 aromatic carbocycles. The van der Waals surface area contributed by atoms with E-state index in [0.717, 1.165) is 31.5 Å². The van der Waals surface area contributed by atoms with Gasteiger partial charge in [-0.1, -0.05) is 43.7 Å². The molecule has 1 fully saturated rings. The van der Waals surface area contributed by atoms with E-state index in [2.05, 4.69) is 62.3 Å². The van der Waals surface area contributed by atoms with Crippen molar-refractivity contribution in [3.63, 3.8) is 0 Å². The Hall–Kier alpha value is -1.39. The van der Waals surface area contributed by atoms with Gasteiger partial charge in [0, 0.05) is 31.3 Å². The van der Waals surface area contributed by atoms with Crippen molar-refractivity contribution in [2.75, 3.05) is 41.3 Å². The molecule has 1 saturated carbocycles. The van der Waals surface area contributed by atoms with Crippen molar-refractivity contribution < 1.29 is 9.53 Å². The summed E-state index contributed by atoms with van der Waals surface area (Å²) in [4.78, 5) is 16.9. The molecule has 2 atom stereocenters. The van der Waals surface area contributed by atoms with E-state index in [0.29, 0.717) is 18.3 Å². The number of hydrogen-bond donors (Lipinski definition) is 0. The lowest BCUT2D eigenvalue weighted by Crippen LogP contribution is -2.54. The van der Waals surface area contributed by atoms with Gasteiger partial charge in [0.15, 0.2) is 0 Å². The maximum absolute atomic E-state index is 12.5. The van der Waals surface area contributed by atoms with Crippen molar-refractivity contribution >= 4 is 5.97 Å². The quantitative estimate of drug-likeness (QED) is 0.709. The van der Waals surface area contributed by atoms with E-state index in [-0.39, 0.29) is 5.97 Å². The summed E-state index contributed by atoms with van der Waals surface area (Å²) in [7, 11) is 8.42. The average Bonchev–Trinajstić information content (AvgIpc) is 2.57. The Bertz CT molecular complexity index is 524. The highest BCUT2D eigenvalue weighted by Crippen LogP contribution is 2.49. The van der Waals surface area contributed by atoms with Gasteiger partial charge in [-0.15, -0.1) is 0 Å². The van der Waals surface area contributed by atoms with Crippen LogP contribution in [0.5, 0.6) is 0 Å². The van der Waals surface area contributed by atoms with Crippen LogP contribution in [0.1, 0.15) is 38.2 Å². The third-order valence-corrected chi connectivity index (χ3v) is 5.29. The van der Waals surface area contributed by atoms with Gasteiger partial charge in [-0.05, 0) is 46.6 Å². The largest absolute Gasteiger partial charge is 0.453 e. The fourth-order valence-corrected chi connectivity index (χ4v) is 4.36. The Balaban J connectivity index is 2.55. The number of hydrogen-bond acceptors (Lipinski definition) is 4. The predicted molar refractivity (Wildman–Crippen MR) is 102 cm³/mol. The summed E-state index contributed by atoms with van der Waals surface area (Å²) in [6, 6.07) is 10.4. The van der Waals surface area contributed by atoms with Gasteiger partial charge in [-0.2, -0.15) is 0 Å². The number of carbonyl (C=O) groups excluding carboxylic acids is 1. The summed E-state index contributed by atoms with van der Waals surface area (Å²) < 4.78 is 6.35. The molecular formula is C21H34N2O2. The zero-order valence-corrected chi connectivity index (χ0v) is 16.5. The van der Waals surface area contributed by atoms with Gasteiger partial charge in [0.1, 0.15) is 5.60 Å². The first-order valence-corrected chi connectivity index (χ1v) is 9.47. The Kier molecular flexibility index (Phi) is 7.03. The van der Waals surface area contributed by atoms with E-state index in [1.54, 1.807) is 0 Å². The summed E-state index contributed by atoms with van der Waals surface area (Å²) in [6.45, 7) is 3.73. The molecule has 1 aliphatic carbocycles. The molecule has 0 aliphatic heterocycles. The molecule has 4 nitrogen and oxygen atoms in total. The second-order valence-corrected chi connectivity index (χ2v) is 7.84. The zero-order valence-electron chi connectivity index (χ0n) is 16.5. The van der Waals surface area contributed by atoms with Gasteiger partial charge in [0.25, 0.3) is 0 Å². The summed E-state index contributed by atoms with van der Waals surface area (Å²) >= 11 is 0.